The summed E-state index contributed by atoms with van der Waals surface area (Å²) >= 11 is 2.86. The molecular weight excluding hydrogens is 372 g/mol. The summed E-state index contributed by atoms with van der Waals surface area (Å²) in [7, 11) is 1.86. The number of ether oxygens (including phenoxy) is 1. The number of hydrogen-bond donors (Lipinski definition) is 2. The average molecular weight is 397 g/mol. The highest BCUT2D eigenvalue weighted by molar-refractivity contribution is 8.02. The number of amides is 1. The third kappa shape index (κ3) is 4.54. The van der Waals surface area contributed by atoms with E-state index in [4.69, 9.17) is 4.74 Å². The molecule has 26 heavy (non-hydrogen) atoms. The van der Waals surface area contributed by atoms with Crippen molar-refractivity contribution in [1.29, 1.82) is 0 Å². The number of nitrogens with one attached hydrogen (secondary N) is 2. The second-order valence-corrected chi connectivity index (χ2v) is 8.87. The molecule has 8 nitrogen and oxygen atoms in total. The van der Waals surface area contributed by atoms with Crippen LogP contribution in [0.3, 0.4) is 0 Å². The van der Waals surface area contributed by atoms with Gasteiger partial charge in [-0.15, -0.1) is 10.2 Å². The Kier molecular flexibility index (Phi) is 6.15. The summed E-state index contributed by atoms with van der Waals surface area (Å²) in [6.45, 7) is 7.27. The van der Waals surface area contributed by atoms with E-state index in [-0.39, 0.29) is 17.3 Å². The number of anilines is 2. The van der Waals surface area contributed by atoms with E-state index in [0.717, 1.165) is 52.5 Å². The molecule has 1 fully saturated rings. The fourth-order valence-electron chi connectivity index (χ4n) is 2.72. The van der Waals surface area contributed by atoms with E-state index in [0.29, 0.717) is 0 Å². The molecule has 1 aliphatic rings. The Bertz CT molecular complexity index is 769. The van der Waals surface area contributed by atoms with Crippen LogP contribution in [0.1, 0.15) is 31.2 Å². The topological polar surface area (TPSA) is 94.0 Å². The number of thioether (sulfide) groups is 1. The van der Waals surface area contributed by atoms with Gasteiger partial charge in [0.2, 0.25) is 11.0 Å². The monoisotopic (exact) mass is 396 g/mol. The summed E-state index contributed by atoms with van der Waals surface area (Å²) in [5, 5.41) is 19.3. The Hall–Kier alpha value is -1.65. The van der Waals surface area contributed by atoms with E-state index in [1.807, 2.05) is 27.8 Å². The summed E-state index contributed by atoms with van der Waals surface area (Å²) in [6, 6.07) is 0. The molecule has 0 bridgehead atoms. The second-order valence-electron chi connectivity index (χ2n) is 6.31. The number of aryl methyl sites for hydroxylation is 2. The molecule has 2 aromatic heterocycles. The molecular formula is C16H24N6O2S2. The van der Waals surface area contributed by atoms with Crippen molar-refractivity contribution in [2.45, 2.75) is 49.3 Å². The minimum Gasteiger partial charge on any atom is -0.376 e. The van der Waals surface area contributed by atoms with E-state index in [2.05, 4.69) is 25.9 Å². The summed E-state index contributed by atoms with van der Waals surface area (Å²) in [4.78, 5) is 12.5. The molecule has 0 spiro atoms. The Morgan fingerprint density at radius 2 is 2.27 bits per heavy atom. The Morgan fingerprint density at radius 1 is 1.46 bits per heavy atom. The molecule has 142 valence electrons. The van der Waals surface area contributed by atoms with Gasteiger partial charge in [-0.2, -0.15) is 5.10 Å². The zero-order valence-electron chi connectivity index (χ0n) is 15.4. The Balaban J connectivity index is 1.52. The van der Waals surface area contributed by atoms with Gasteiger partial charge in [-0.1, -0.05) is 23.1 Å². The van der Waals surface area contributed by atoms with Gasteiger partial charge in [0, 0.05) is 20.2 Å². The summed E-state index contributed by atoms with van der Waals surface area (Å²) < 4.78 is 8.11. The second kappa shape index (κ2) is 8.36. The number of hydrogen-bond acceptors (Lipinski definition) is 8. The number of carbonyl (C=O) groups excluding carboxylic acids is 1. The van der Waals surface area contributed by atoms with Gasteiger partial charge in [0.1, 0.15) is 0 Å². The van der Waals surface area contributed by atoms with Gasteiger partial charge in [0.15, 0.2) is 4.34 Å². The third-order valence-electron chi connectivity index (χ3n) is 4.32. The lowest BCUT2D eigenvalue weighted by atomic mass is 10.2. The molecule has 2 aromatic rings. The molecule has 1 saturated heterocycles. The van der Waals surface area contributed by atoms with Gasteiger partial charge in [0.25, 0.3) is 0 Å². The van der Waals surface area contributed by atoms with Gasteiger partial charge in [0.05, 0.1) is 28.4 Å². The van der Waals surface area contributed by atoms with E-state index in [1.54, 1.807) is 4.68 Å². The van der Waals surface area contributed by atoms with Crippen LogP contribution in [0.15, 0.2) is 4.34 Å². The lowest BCUT2D eigenvalue weighted by Gasteiger charge is -2.10. The molecule has 2 N–H and O–H groups in total. The van der Waals surface area contributed by atoms with Crippen LogP contribution in [0.2, 0.25) is 0 Å². The highest BCUT2D eigenvalue weighted by atomic mass is 32.2. The van der Waals surface area contributed by atoms with E-state index in [1.165, 1.54) is 23.1 Å². The summed E-state index contributed by atoms with van der Waals surface area (Å²) in [6.07, 6.45) is 2.45. The largest absolute Gasteiger partial charge is 0.376 e. The van der Waals surface area contributed by atoms with Crippen molar-refractivity contribution in [2.24, 2.45) is 7.05 Å². The fraction of sp³-hybridized carbons (Fsp3) is 0.625. The van der Waals surface area contributed by atoms with Crippen LogP contribution < -0.4 is 10.6 Å². The van der Waals surface area contributed by atoms with Crippen LogP contribution in [-0.2, 0) is 16.6 Å². The van der Waals surface area contributed by atoms with Crippen molar-refractivity contribution in [2.75, 3.05) is 23.8 Å². The van der Waals surface area contributed by atoms with Crippen LogP contribution in [-0.4, -0.2) is 50.4 Å². The molecule has 1 aliphatic heterocycles. The normalized spacial score (nSPS) is 18.1. The standard InChI is InChI=1S/C16H24N6O2S2/c1-9-13(10(2)22(4)21-9)18-14(23)11(3)25-16-20-19-15(26-16)17-8-12-6-5-7-24-12/h11-12H,5-8H2,1-4H3,(H,17,19)(H,18,23). The van der Waals surface area contributed by atoms with Crippen molar-refractivity contribution >= 4 is 39.8 Å². The smallest absolute Gasteiger partial charge is 0.237 e. The number of carbonyl (C=O) groups is 1. The molecule has 2 atom stereocenters. The van der Waals surface area contributed by atoms with Gasteiger partial charge >= 0.3 is 0 Å². The predicted octanol–water partition coefficient (Wildman–Crippen LogP) is 2.60. The molecule has 3 heterocycles. The van der Waals surface area contributed by atoms with Crippen molar-refractivity contribution < 1.29 is 9.53 Å². The van der Waals surface area contributed by atoms with Crippen molar-refractivity contribution in [1.82, 2.24) is 20.0 Å². The maximum absolute atomic E-state index is 12.5. The number of aromatic nitrogens is 4. The first-order valence-corrected chi connectivity index (χ1v) is 10.3. The van der Waals surface area contributed by atoms with Gasteiger partial charge in [-0.25, -0.2) is 0 Å². The SMILES string of the molecule is Cc1nn(C)c(C)c1NC(=O)C(C)Sc1nnc(NCC2CCCO2)s1. The molecule has 0 radical (unpaired) electrons. The molecule has 0 aromatic carbocycles. The first-order chi connectivity index (χ1) is 12.4. The molecule has 10 heteroatoms. The Labute approximate surface area is 161 Å². The zero-order valence-corrected chi connectivity index (χ0v) is 17.0. The molecule has 1 amide bonds. The van der Waals surface area contributed by atoms with Gasteiger partial charge in [-0.3, -0.25) is 9.48 Å². The quantitative estimate of drug-likeness (QED) is 0.695. The van der Waals surface area contributed by atoms with E-state index in [9.17, 15) is 4.79 Å². The first-order valence-electron chi connectivity index (χ1n) is 8.60. The van der Waals surface area contributed by atoms with Crippen LogP contribution >= 0.6 is 23.1 Å². The van der Waals surface area contributed by atoms with Gasteiger partial charge < -0.3 is 15.4 Å². The summed E-state index contributed by atoms with van der Waals surface area (Å²) in [5.74, 6) is -0.0711. The summed E-state index contributed by atoms with van der Waals surface area (Å²) in [5.41, 5.74) is 2.53. The number of rotatable bonds is 7. The van der Waals surface area contributed by atoms with Crippen molar-refractivity contribution in [3.05, 3.63) is 11.4 Å². The molecule has 0 saturated carbocycles. The minimum absolute atomic E-state index is 0.0711. The zero-order chi connectivity index (χ0) is 18.7. The molecule has 2 unspecified atom stereocenters. The minimum atomic E-state index is -0.284. The number of nitrogens with zero attached hydrogens (tertiary/aromatic N) is 4. The third-order valence-corrected chi connectivity index (χ3v) is 6.38. The van der Waals surface area contributed by atoms with Crippen LogP contribution in [0.4, 0.5) is 10.8 Å². The molecule has 3 rings (SSSR count). The van der Waals surface area contributed by atoms with Gasteiger partial charge in [-0.05, 0) is 33.6 Å². The van der Waals surface area contributed by atoms with Crippen molar-refractivity contribution in [3.8, 4) is 0 Å². The highest BCUT2D eigenvalue weighted by Crippen LogP contribution is 2.30. The van der Waals surface area contributed by atoms with E-state index < -0.39 is 0 Å². The lowest BCUT2D eigenvalue weighted by molar-refractivity contribution is -0.115. The van der Waals surface area contributed by atoms with Crippen LogP contribution in [0.25, 0.3) is 0 Å². The van der Waals surface area contributed by atoms with E-state index >= 15 is 0 Å². The predicted molar refractivity (Wildman–Crippen MR) is 104 cm³/mol. The highest BCUT2D eigenvalue weighted by Gasteiger charge is 2.21. The lowest BCUT2D eigenvalue weighted by Crippen LogP contribution is -2.23. The fourth-order valence-corrected chi connectivity index (χ4v) is 4.62. The van der Waals surface area contributed by atoms with Crippen LogP contribution in [0.5, 0.6) is 0 Å². The van der Waals surface area contributed by atoms with Crippen LogP contribution in [0, 0.1) is 13.8 Å². The van der Waals surface area contributed by atoms with Crippen molar-refractivity contribution in [3.63, 3.8) is 0 Å². The maximum atomic E-state index is 12.5. The molecule has 0 aliphatic carbocycles. The Morgan fingerprint density at radius 3 is 2.92 bits per heavy atom. The maximum Gasteiger partial charge on any atom is 0.237 e. The first kappa shape index (κ1) is 19.1. The average Bonchev–Trinajstić information content (AvgIpc) is 3.32.